The Morgan fingerprint density at radius 3 is 2.50 bits per heavy atom. The minimum Gasteiger partial charge on any atom is -0.493 e. The zero-order valence-electron chi connectivity index (χ0n) is 15.4. The topological polar surface area (TPSA) is 55.7 Å². The van der Waals surface area contributed by atoms with Crippen molar-refractivity contribution in [3.8, 4) is 22.8 Å². The highest BCUT2D eigenvalue weighted by molar-refractivity contribution is 7.14. The number of hydrogen-bond acceptors (Lipinski definition) is 6. The number of anilines is 1. The zero-order chi connectivity index (χ0) is 18.8. The molecule has 0 saturated heterocycles. The van der Waals surface area contributed by atoms with Gasteiger partial charge in [-0.3, -0.25) is 5.43 Å². The molecule has 0 spiro atoms. The van der Waals surface area contributed by atoms with E-state index in [1.165, 1.54) is 16.9 Å². The van der Waals surface area contributed by atoms with Gasteiger partial charge in [-0.05, 0) is 42.7 Å². The van der Waals surface area contributed by atoms with E-state index in [2.05, 4.69) is 15.5 Å². The number of methoxy groups -OCH3 is 2. The maximum absolute atomic E-state index is 5.94. The number of hydrazone groups is 1. The highest BCUT2D eigenvalue weighted by atomic mass is 35.5. The van der Waals surface area contributed by atoms with Crippen molar-refractivity contribution in [1.29, 1.82) is 0 Å². The van der Waals surface area contributed by atoms with Crippen molar-refractivity contribution in [2.75, 3.05) is 19.6 Å². The first-order valence-electron chi connectivity index (χ1n) is 8.47. The number of ether oxygens (including phenoxy) is 2. The molecule has 1 aliphatic rings. The third kappa shape index (κ3) is 4.09. The molecule has 0 unspecified atom stereocenters. The van der Waals surface area contributed by atoms with Crippen molar-refractivity contribution >= 4 is 46.2 Å². The number of rotatable bonds is 5. The van der Waals surface area contributed by atoms with Crippen LogP contribution in [0, 0.1) is 0 Å². The van der Waals surface area contributed by atoms with Crippen LogP contribution >= 0.6 is 35.3 Å². The molecule has 1 heterocycles. The lowest BCUT2D eigenvalue weighted by Gasteiger charge is -2.10. The monoisotopic (exact) mass is 435 g/mol. The Labute approximate surface area is 178 Å². The summed E-state index contributed by atoms with van der Waals surface area (Å²) in [7, 11) is 3.29. The van der Waals surface area contributed by atoms with Crippen LogP contribution in [-0.4, -0.2) is 24.9 Å². The maximum Gasteiger partial charge on any atom is 0.203 e. The second-order valence-electron chi connectivity index (χ2n) is 6.08. The van der Waals surface area contributed by atoms with Gasteiger partial charge >= 0.3 is 0 Å². The molecule has 28 heavy (non-hydrogen) atoms. The van der Waals surface area contributed by atoms with Gasteiger partial charge in [0.1, 0.15) is 0 Å². The van der Waals surface area contributed by atoms with E-state index in [1.54, 1.807) is 14.2 Å². The molecule has 4 rings (SSSR count). The number of thiazole rings is 1. The van der Waals surface area contributed by atoms with Gasteiger partial charge in [0.15, 0.2) is 11.5 Å². The molecule has 8 heteroatoms. The number of halogens is 2. The highest BCUT2D eigenvalue weighted by Gasteiger charge is 2.21. The van der Waals surface area contributed by atoms with Gasteiger partial charge in [0.05, 0.1) is 25.6 Å². The fourth-order valence-corrected chi connectivity index (χ4v) is 3.88. The van der Waals surface area contributed by atoms with E-state index < -0.39 is 0 Å². The van der Waals surface area contributed by atoms with Gasteiger partial charge in [0.2, 0.25) is 5.13 Å². The lowest BCUT2D eigenvalue weighted by atomic mass is 10.1. The van der Waals surface area contributed by atoms with E-state index in [4.69, 9.17) is 21.1 Å². The number of benzene rings is 2. The summed E-state index contributed by atoms with van der Waals surface area (Å²) in [6, 6.07) is 11.7. The Balaban J connectivity index is 0.00000225. The maximum atomic E-state index is 5.94. The van der Waals surface area contributed by atoms with Crippen LogP contribution in [0.3, 0.4) is 0 Å². The first-order chi connectivity index (χ1) is 13.2. The average molecular weight is 436 g/mol. The van der Waals surface area contributed by atoms with E-state index >= 15 is 0 Å². The molecule has 0 aliphatic heterocycles. The minimum absolute atomic E-state index is 0. The lowest BCUT2D eigenvalue weighted by Crippen LogP contribution is -2.01. The molecule has 0 radical (unpaired) electrons. The van der Waals surface area contributed by atoms with Crippen LogP contribution in [0.4, 0.5) is 5.13 Å². The molecule has 2 aromatic carbocycles. The Kier molecular flexibility index (Phi) is 6.44. The molecule has 5 nitrogen and oxygen atoms in total. The molecular formula is C20H19Cl2N3O2S. The summed E-state index contributed by atoms with van der Waals surface area (Å²) in [5.74, 6) is 1.46. The third-order valence-electron chi connectivity index (χ3n) is 4.48. The summed E-state index contributed by atoms with van der Waals surface area (Å²) in [6.45, 7) is 0. The molecule has 3 aromatic rings. The summed E-state index contributed by atoms with van der Waals surface area (Å²) < 4.78 is 10.8. The Morgan fingerprint density at radius 2 is 1.79 bits per heavy atom. The normalized spacial score (nSPS) is 13.8. The minimum atomic E-state index is 0. The number of aromatic nitrogens is 1. The fourth-order valence-electron chi connectivity index (χ4n) is 3.09. The zero-order valence-corrected chi connectivity index (χ0v) is 17.7. The van der Waals surface area contributed by atoms with Gasteiger partial charge in [0.25, 0.3) is 0 Å². The molecule has 1 aliphatic carbocycles. The molecular weight excluding hydrogens is 417 g/mol. The predicted octanol–water partition coefficient (Wildman–Crippen LogP) is 5.66. The average Bonchev–Trinajstić information content (AvgIpc) is 3.32. The van der Waals surface area contributed by atoms with E-state index in [0.717, 1.165) is 46.3 Å². The predicted molar refractivity (Wildman–Crippen MR) is 118 cm³/mol. The van der Waals surface area contributed by atoms with Crippen LogP contribution < -0.4 is 14.9 Å². The van der Waals surface area contributed by atoms with Gasteiger partial charge in [-0.25, -0.2) is 4.98 Å². The van der Waals surface area contributed by atoms with Crippen molar-refractivity contribution in [1.82, 2.24) is 4.98 Å². The van der Waals surface area contributed by atoms with E-state index in [1.807, 2.05) is 41.8 Å². The fraction of sp³-hybridized carbons (Fsp3) is 0.200. The summed E-state index contributed by atoms with van der Waals surface area (Å²) in [5, 5.41) is 8.05. The highest BCUT2D eigenvalue weighted by Crippen LogP contribution is 2.35. The van der Waals surface area contributed by atoms with Crippen LogP contribution in [0.2, 0.25) is 5.02 Å². The molecule has 1 N–H and O–H groups in total. The Bertz CT molecular complexity index is 1000. The lowest BCUT2D eigenvalue weighted by molar-refractivity contribution is 0.354. The van der Waals surface area contributed by atoms with E-state index in [-0.39, 0.29) is 12.4 Å². The first kappa shape index (κ1) is 20.5. The van der Waals surface area contributed by atoms with E-state index in [0.29, 0.717) is 10.8 Å². The second kappa shape index (κ2) is 8.82. The van der Waals surface area contributed by atoms with Gasteiger partial charge in [0, 0.05) is 21.5 Å². The van der Waals surface area contributed by atoms with Crippen molar-refractivity contribution in [2.24, 2.45) is 5.10 Å². The smallest absolute Gasteiger partial charge is 0.203 e. The SMILES string of the molecule is COc1cc2c(cc1OC)/C(=N/Nc1nc(-c3ccc(Cl)cc3)cs1)CC2.Cl. The molecule has 0 amide bonds. The molecule has 0 bridgehead atoms. The Hall–Kier alpha value is -2.28. The van der Waals surface area contributed by atoms with Crippen LogP contribution in [-0.2, 0) is 6.42 Å². The molecule has 0 atom stereocenters. The summed E-state index contributed by atoms with van der Waals surface area (Å²) in [5.41, 5.74) is 8.32. The Morgan fingerprint density at radius 1 is 1.07 bits per heavy atom. The molecule has 0 saturated carbocycles. The van der Waals surface area contributed by atoms with Crippen LogP contribution in [0.25, 0.3) is 11.3 Å². The van der Waals surface area contributed by atoms with Gasteiger partial charge < -0.3 is 9.47 Å². The number of fused-ring (bicyclic) bond motifs is 1. The van der Waals surface area contributed by atoms with Gasteiger partial charge in [-0.2, -0.15) is 5.10 Å². The summed E-state index contributed by atoms with van der Waals surface area (Å²) >= 11 is 7.46. The molecule has 0 fully saturated rings. The third-order valence-corrected chi connectivity index (χ3v) is 5.48. The van der Waals surface area contributed by atoms with Gasteiger partial charge in [-0.1, -0.05) is 23.7 Å². The number of aryl methyl sites for hydroxylation is 1. The van der Waals surface area contributed by atoms with Crippen molar-refractivity contribution < 1.29 is 9.47 Å². The largest absolute Gasteiger partial charge is 0.493 e. The van der Waals surface area contributed by atoms with Crippen molar-refractivity contribution in [3.05, 3.63) is 57.9 Å². The quantitative estimate of drug-likeness (QED) is 0.524. The van der Waals surface area contributed by atoms with Crippen LogP contribution in [0.1, 0.15) is 17.5 Å². The summed E-state index contributed by atoms with van der Waals surface area (Å²) in [6.07, 6.45) is 1.80. The number of hydrogen-bond donors (Lipinski definition) is 1. The van der Waals surface area contributed by atoms with Crippen molar-refractivity contribution in [3.63, 3.8) is 0 Å². The van der Waals surface area contributed by atoms with Gasteiger partial charge in [-0.15, -0.1) is 23.7 Å². The summed E-state index contributed by atoms with van der Waals surface area (Å²) in [4.78, 5) is 4.60. The van der Waals surface area contributed by atoms with Crippen LogP contribution in [0.5, 0.6) is 11.5 Å². The number of nitrogens with zero attached hydrogens (tertiary/aromatic N) is 2. The van der Waals surface area contributed by atoms with Crippen molar-refractivity contribution in [2.45, 2.75) is 12.8 Å². The standard InChI is InChI=1S/C20H18ClN3O2S.ClH/c1-25-18-9-13-5-8-16(15(13)10-19(18)26-2)23-24-20-22-17(11-27-20)12-3-6-14(21)7-4-12;/h3-4,6-7,9-11H,5,8H2,1-2H3,(H,22,24);1H/b23-16+;. The van der Waals surface area contributed by atoms with Crippen LogP contribution in [0.15, 0.2) is 46.9 Å². The second-order valence-corrected chi connectivity index (χ2v) is 7.37. The first-order valence-corrected chi connectivity index (χ1v) is 9.73. The molecule has 1 aromatic heterocycles. The number of nitrogens with one attached hydrogen (secondary N) is 1. The molecule has 146 valence electrons. The van der Waals surface area contributed by atoms with E-state index in [9.17, 15) is 0 Å².